The Morgan fingerprint density at radius 1 is 1.05 bits per heavy atom. The van der Waals surface area contributed by atoms with Crippen LogP contribution in [0.5, 0.6) is 17.2 Å². The second kappa shape index (κ2) is 11.0. The molecule has 0 aliphatic rings. The van der Waals surface area contributed by atoms with Crippen molar-refractivity contribution in [1.29, 1.82) is 0 Å². The Bertz CT molecular complexity index is 469. The van der Waals surface area contributed by atoms with Crippen molar-refractivity contribution in [2.45, 2.75) is 12.8 Å². The normalized spacial score (nSPS) is 9.64. The van der Waals surface area contributed by atoms with E-state index in [0.717, 1.165) is 5.56 Å². The highest BCUT2D eigenvalue weighted by atomic mass is 35.5. The molecule has 22 heavy (non-hydrogen) atoms. The molecule has 0 bridgehead atoms. The molecule has 1 amide bonds. The molecule has 0 aromatic heterocycles. The van der Waals surface area contributed by atoms with Crippen LogP contribution in [0.4, 0.5) is 0 Å². The Kier molecular flexibility index (Phi) is 10.2. The minimum atomic E-state index is 0. The molecule has 1 aromatic rings. The lowest BCUT2D eigenvalue weighted by molar-refractivity contribution is -0.120. The molecule has 0 unspecified atom stereocenters. The van der Waals surface area contributed by atoms with Gasteiger partial charge in [0.1, 0.15) is 0 Å². The molecule has 0 fully saturated rings. The molecule has 1 rings (SSSR count). The number of ether oxygens (including phenoxy) is 3. The van der Waals surface area contributed by atoms with Crippen molar-refractivity contribution in [2.24, 2.45) is 0 Å². The van der Waals surface area contributed by atoms with Crippen molar-refractivity contribution in [3.8, 4) is 17.2 Å². The third-order valence-electron chi connectivity index (χ3n) is 3.10. The fraction of sp³-hybridized carbons (Fsp3) is 0.533. The first kappa shape index (κ1) is 20.3. The van der Waals surface area contributed by atoms with E-state index in [4.69, 9.17) is 14.2 Å². The van der Waals surface area contributed by atoms with Crippen LogP contribution in [-0.4, -0.2) is 47.4 Å². The molecule has 1 aromatic carbocycles. The minimum absolute atomic E-state index is 0. The van der Waals surface area contributed by atoms with Crippen molar-refractivity contribution < 1.29 is 19.0 Å². The predicted molar refractivity (Wildman–Crippen MR) is 88.6 cm³/mol. The molecule has 0 aliphatic heterocycles. The van der Waals surface area contributed by atoms with Gasteiger partial charge in [0.2, 0.25) is 11.7 Å². The van der Waals surface area contributed by atoms with Gasteiger partial charge >= 0.3 is 0 Å². The van der Waals surface area contributed by atoms with Gasteiger partial charge in [-0.3, -0.25) is 4.79 Å². The van der Waals surface area contributed by atoms with E-state index >= 15 is 0 Å². The van der Waals surface area contributed by atoms with E-state index in [1.165, 1.54) is 0 Å². The minimum Gasteiger partial charge on any atom is -0.493 e. The summed E-state index contributed by atoms with van der Waals surface area (Å²) < 4.78 is 16.0. The van der Waals surface area contributed by atoms with E-state index in [9.17, 15) is 4.79 Å². The van der Waals surface area contributed by atoms with E-state index in [2.05, 4.69) is 10.6 Å². The van der Waals surface area contributed by atoms with E-state index in [1.54, 1.807) is 21.3 Å². The van der Waals surface area contributed by atoms with E-state index in [0.29, 0.717) is 43.2 Å². The van der Waals surface area contributed by atoms with E-state index in [1.807, 2.05) is 19.2 Å². The van der Waals surface area contributed by atoms with Crippen LogP contribution in [0.1, 0.15) is 12.0 Å². The van der Waals surface area contributed by atoms with E-state index < -0.39 is 0 Å². The summed E-state index contributed by atoms with van der Waals surface area (Å²) in [5.74, 6) is 1.86. The van der Waals surface area contributed by atoms with Gasteiger partial charge < -0.3 is 24.8 Å². The van der Waals surface area contributed by atoms with Gasteiger partial charge in [-0.15, -0.1) is 12.4 Å². The van der Waals surface area contributed by atoms with Gasteiger partial charge in [-0.25, -0.2) is 0 Å². The van der Waals surface area contributed by atoms with Gasteiger partial charge in [-0.1, -0.05) is 6.07 Å². The zero-order valence-electron chi connectivity index (χ0n) is 13.5. The fourth-order valence-corrected chi connectivity index (χ4v) is 2.02. The molecular weight excluding hydrogens is 308 g/mol. The summed E-state index contributed by atoms with van der Waals surface area (Å²) in [7, 11) is 6.57. The molecule has 0 saturated heterocycles. The second-order valence-corrected chi connectivity index (χ2v) is 4.45. The van der Waals surface area contributed by atoms with Crippen LogP contribution in [0.25, 0.3) is 0 Å². The van der Waals surface area contributed by atoms with Gasteiger partial charge in [0, 0.05) is 25.1 Å². The summed E-state index contributed by atoms with van der Waals surface area (Å²) in [6.45, 7) is 1.22. The Hall–Kier alpha value is -1.66. The monoisotopic (exact) mass is 332 g/mol. The van der Waals surface area contributed by atoms with Crippen LogP contribution in [-0.2, 0) is 11.2 Å². The Balaban J connectivity index is 0.00000441. The van der Waals surface area contributed by atoms with Gasteiger partial charge in [0.05, 0.1) is 21.3 Å². The number of amides is 1. The average Bonchev–Trinajstić information content (AvgIpc) is 2.51. The third kappa shape index (κ3) is 5.61. The maximum absolute atomic E-state index is 11.5. The number of halogens is 1. The quantitative estimate of drug-likeness (QED) is 0.715. The maximum Gasteiger partial charge on any atom is 0.221 e. The zero-order chi connectivity index (χ0) is 15.7. The molecule has 0 radical (unpaired) electrons. The van der Waals surface area contributed by atoms with Crippen LogP contribution in [0.15, 0.2) is 12.1 Å². The number of rotatable bonds is 9. The average molecular weight is 333 g/mol. The van der Waals surface area contributed by atoms with Gasteiger partial charge in [0.25, 0.3) is 0 Å². The zero-order valence-corrected chi connectivity index (χ0v) is 14.3. The summed E-state index contributed by atoms with van der Waals surface area (Å²) in [4.78, 5) is 11.5. The predicted octanol–water partition coefficient (Wildman–Crippen LogP) is 1.40. The number of nitrogens with one attached hydrogen (secondary N) is 2. The van der Waals surface area contributed by atoms with Crippen molar-refractivity contribution in [2.75, 3.05) is 41.5 Å². The first-order chi connectivity index (χ1) is 10.2. The summed E-state index contributed by atoms with van der Waals surface area (Å²) in [6.07, 6.45) is 1.13. The Morgan fingerprint density at radius 2 is 1.73 bits per heavy atom. The lowest BCUT2D eigenvalue weighted by Gasteiger charge is -2.15. The number of carbonyl (C=O) groups is 1. The van der Waals surface area contributed by atoms with Crippen LogP contribution in [0.2, 0.25) is 0 Å². The summed E-state index contributed by atoms with van der Waals surface area (Å²) in [6, 6.07) is 3.75. The topological polar surface area (TPSA) is 68.8 Å². The molecule has 7 heteroatoms. The van der Waals surface area contributed by atoms with Crippen LogP contribution in [0.3, 0.4) is 0 Å². The molecule has 126 valence electrons. The number of hydrogen-bond donors (Lipinski definition) is 2. The lowest BCUT2D eigenvalue weighted by atomic mass is 10.1. The molecule has 0 saturated carbocycles. The molecule has 0 heterocycles. The highest BCUT2D eigenvalue weighted by Crippen LogP contribution is 2.39. The molecule has 6 nitrogen and oxygen atoms in total. The highest BCUT2D eigenvalue weighted by molar-refractivity contribution is 5.85. The maximum atomic E-state index is 11.5. The van der Waals surface area contributed by atoms with Crippen LogP contribution < -0.4 is 24.8 Å². The number of carbonyl (C=O) groups excluding carboxylic acids is 1. The first-order valence-electron chi connectivity index (χ1n) is 6.87. The Morgan fingerprint density at radius 3 is 2.27 bits per heavy atom. The summed E-state index contributed by atoms with van der Waals surface area (Å²) in [5.41, 5.74) is 0.962. The lowest BCUT2D eigenvalue weighted by Crippen LogP contribution is -2.28. The standard InChI is InChI=1S/C15H24N2O4.ClH/c1-16-9-8-13(18)17-10-7-11-5-6-12(19-2)15(21-4)14(11)20-3;/h5-6,16H,7-10H2,1-4H3,(H,17,18);1H. The smallest absolute Gasteiger partial charge is 0.221 e. The molecular formula is C15H25ClN2O4. The number of benzene rings is 1. The molecule has 0 atom stereocenters. The highest BCUT2D eigenvalue weighted by Gasteiger charge is 2.15. The van der Waals surface area contributed by atoms with Crippen molar-refractivity contribution >= 4 is 18.3 Å². The van der Waals surface area contributed by atoms with Gasteiger partial charge in [-0.2, -0.15) is 0 Å². The molecule has 2 N–H and O–H groups in total. The summed E-state index contributed by atoms with van der Waals surface area (Å²) in [5, 5.41) is 5.82. The van der Waals surface area contributed by atoms with E-state index in [-0.39, 0.29) is 18.3 Å². The van der Waals surface area contributed by atoms with Crippen molar-refractivity contribution in [1.82, 2.24) is 10.6 Å². The summed E-state index contributed by atoms with van der Waals surface area (Å²) >= 11 is 0. The second-order valence-electron chi connectivity index (χ2n) is 4.45. The third-order valence-corrected chi connectivity index (χ3v) is 3.10. The fourth-order valence-electron chi connectivity index (χ4n) is 2.02. The van der Waals surface area contributed by atoms with Crippen LogP contribution >= 0.6 is 12.4 Å². The largest absolute Gasteiger partial charge is 0.493 e. The van der Waals surface area contributed by atoms with Gasteiger partial charge in [0.15, 0.2) is 11.5 Å². The van der Waals surface area contributed by atoms with Crippen molar-refractivity contribution in [3.05, 3.63) is 17.7 Å². The number of hydrogen-bond acceptors (Lipinski definition) is 5. The number of methoxy groups -OCH3 is 3. The first-order valence-corrected chi connectivity index (χ1v) is 6.87. The SMILES string of the molecule is CNCCC(=O)NCCc1ccc(OC)c(OC)c1OC.Cl. The van der Waals surface area contributed by atoms with Crippen LogP contribution in [0, 0.1) is 0 Å². The van der Waals surface area contributed by atoms with Gasteiger partial charge in [-0.05, 0) is 19.5 Å². The Labute approximate surface area is 137 Å². The van der Waals surface area contributed by atoms with Crippen molar-refractivity contribution in [3.63, 3.8) is 0 Å². The molecule has 0 aliphatic carbocycles. The molecule has 0 spiro atoms.